The Kier molecular flexibility index (Phi) is 2.69. The maximum absolute atomic E-state index is 11.3. The zero-order valence-electron chi connectivity index (χ0n) is 7.65. The lowest BCUT2D eigenvalue weighted by atomic mass is 10.1. The van der Waals surface area contributed by atoms with Crippen LogP contribution < -0.4 is 0 Å². The number of carbonyl (C=O) groups excluding carboxylic acids is 1. The molecule has 0 radical (unpaired) electrons. The molecule has 4 heteroatoms. The number of rotatable bonds is 2. The van der Waals surface area contributed by atoms with Crippen molar-refractivity contribution in [3.63, 3.8) is 0 Å². The molecule has 1 aliphatic rings. The monoisotopic (exact) mass is 173 g/mol. The van der Waals surface area contributed by atoms with Gasteiger partial charge in [-0.3, -0.25) is 9.69 Å². The summed E-state index contributed by atoms with van der Waals surface area (Å²) in [5.74, 6) is -0.0283. The topological polar surface area (TPSA) is 49.8 Å². The van der Waals surface area contributed by atoms with Gasteiger partial charge < -0.3 is 9.84 Å². The minimum atomic E-state index is -0.688. The first-order chi connectivity index (χ1) is 5.57. The number of amides is 1. The number of methoxy groups -OCH3 is 1. The van der Waals surface area contributed by atoms with Crippen molar-refractivity contribution < 1.29 is 14.6 Å². The highest BCUT2D eigenvalue weighted by Gasteiger charge is 2.38. The van der Waals surface area contributed by atoms with Crippen LogP contribution in [0.3, 0.4) is 0 Å². The average molecular weight is 173 g/mol. The number of nitrogens with zero attached hydrogens (tertiary/aromatic N) is 1. The first-order valence-electron chi connectivity index (χ1n) is 4.10. The van der Waals surface area contributed by atoms with Gasteiger partial charge in [-0.1, -0.05) is 6.92 Å². The third-order valence-corrected chi connectivity index (χ3v) is 2.31. The molecule has 0 spiro atoms. The zero-order valence-corrected chi connectivity index (χ0v) is 7.65. The Balaban J connectivity index is 2.69. The zero-order chi connectivity index (χ0) is 9.30. The number of hydrogen-bond donors (Lipinski definition) is 1. The summed E-state index contributed by atoms with van der Waals surface area (Å²) in [5, 5.41) is 9.55. The fourth-order valence-electron chi connectivity index (χ4n) is 1.44. The minimum absolute atomic E-state index is 0.00935. The molecule has 4 nitrogen and oxygen atoms in total. The molecule has 12 heavy (non-hydrogen) atoms. The van der Waals surface area contributed by atoms with E-state index in [0.717, 1.165) is 0 Å². The van der Waals surface area contributed by atoms with Crippen molar-refractivity contribution in [2.45, 2.75) is 32.7 Å². The van der Waals surface area contributed by atoms with Crippen molar-refractivity contribution in [1.29, 1.82) is 0 Å². The molecule has 1 N–H and O–H groups in total. The molecule has 1 aliphatic heterocycles. The second-order valence-corrected chi connectivity index (χ2v) is 3.23. The van der Waals surface area contributed by atoms with Gasteiger partial charge >= 0.3 is 0 Å². The van der Waals surface area contributed by atoms with Gasteiger partial charge in [-0.05, 0) is 6.92 Å². The molecule has 1 fully saturated rings. The Morgan fingerprint density at radius 2 is 2.33 bits per heavy atom. The molecule has 1 rings (SSSR count). The molecule has 3 unspecified atom stereocenters. The first kappa shape index (κ1) is 9.48. The Morgan fingerprint density at radius 3 is 2.67 bits per heavy atom. The highest BCUT2D eigenvalue weighted by Crippen LogP contribution is 2.25. The summed E-state index contributed by atoms with van der Waals surface area (Å²) in [7, 11) is 1.52. The third-order valence-electron chi connectivity index (χ3n) is 2.31. The van der Waals surface area contributed by atoms with E-state index in [2.05, 4.69) is 0 Å². The Hall–Kier alpha value is -0.610. The number of aliphatic hydroxyl groups is 1. The van der Waals surface area contributed by atoms with Crippen LogP contribution in [0, 0.1) is 5.92 Å². The summed E-state index contributed by atoms with van der Waals surface area (Å²) in [6.07, 6.45) is -0.612. The Morgan fingerprint density at radius 1 is 1.75 bits per heavy atom. The smallest absolute Gasteiger partial charge is 0.227 e. The standard InChI is InChI=1S/C8H15NO3/c1-5-4-7(10)9(8(5)11)6(2)12-3/h5-6,8,11H,4H2,1-3H3. The van der Waals surface area contributed by atoms with E-state index < -0.39 is 6.23 Å². The molecule has 0 aromatic rings. The minimum Gasteiger partial charge on any atom is -0.373 e. The van der Waals surface area contributed by atoms with Gasteiger partial charge in [0.15, 0.2) is 0 Å². The maximum Gasteiger partial charge on any atom is 0.227 e. The van der Waals surface area contributed by atoms with E-state index in [9.17, 15) is 9.90 Å². The predicted octanol–water partition coefficient (Wildman–Crippen LogP) is 0.166. The normalized spacial score (nSPS) is 32.7. The number of likely N-dealkylation sites (tertiary alicyclic amines) is 1. The van der Waals surface area contributed by atoms with Crippen LogP contribution in [0.15, 0.2) is 0 Å². The number of carbonyl (C=O) groups is 1. The number of aliphatic hydroxyl groups excluding tert-OH is 1. The molecular weight excluding hydrogens is 158 g/mol. The van der Waals surface area contributed by atoms with Crippen LogP contribution >= 0.6 is 0 Å². The van der Waals surface area contributed by atoms with Crippen LogP contribution in [0.4, 0.5) is 0 Å². The number of hydrogen-bond acceptors (Lipinski definition) is 3. The molecule has 1 amide bonds. The highest BCUT2D eigenvalue weighted by molar-refractivity contribution is 5.79. The molecule has 0 aromatic heterocycles. The molecule has 0 bridgehead atoms. The van der Waals surface area contributed by atoms with Crippen molar-refractivity contribution >= 4 is 5.91 Å². The predicted molar refractivity (Wildman–Crippen MR) is 43.1 cm³/mol. The summed E-state index contributed by atoms with van der Waals surface area (Å²) in [5.41, 5.74) is 0. The summed E-state index contributed by atoms with van der Waals surface area (Å²) in [6, 6.07) is 0. The molecule has 0 aromatic carbocycles. The molecule has 3 atom stereocenters. The van der Waals surface area contributed by atoms with E-state index in [1.807, 2.05) is 6.92 Å². The fourth-order valence-corrected chi connectivity index (χ4v) is 1.44. The van der Waals surface area contributed by atoms with E-state index in [4.69, 9.17) is 4.74 Å². The lowest BCUT2D eigenvalue weighted by molar-refractivity contribution is -0.152. The van der Waals surface area contributed by atoms with E-state index in [-0.39, 0.29) is 18.1 Å². The van der Waals surface area contributed by atoms with Crippen LogP contribution in [0.1, 0.15) is 20.3 Å². The quantitative estimate of drug-likeness (QED) is 0.647. The van der Waals surface area contributed by atoms with Crippen LogP contribution in [0.25, 0.3) is 0 Å². The molecular formula is C8H15NO3. The first-order valence-corrected chi connectivity index (χ1v) is 4.10. The molecule has 70 valence electrons. The third kappa shape index (κ3) is 1.44. The number of ether oxygens (including phenoxy) is 1. The van der Waals surface area contributed by atoms with Gasteiger partial charge in [0.1, 0.15) is 12.5 Å². The van der Waals surface area contributed by atoms with E-state index in [1.165, 1.54) is 12.0 Å². The second-order valence-electron chi connectivity index (χ2n) is 3.23. The van der Waals surface area contributed by atoms with E-state index in [0.29, 0.717) is 6.42 Å². The van der Waals surface area contributed by atoms with Gasteiger partial charge in [0.05, 0.1) is 0 Å². The van der Waals surface area contributed by atoms with Crippen LogP contribution in [-0.2, 0) is 9.53 Å². The molecule has 0 saturated carbocycles. The van der Waals surface area contributed by atoms with Crippen molar-refractivity contribution in [3.05, 3.63) is 0 Å². The van der Waals surface area contributed by atoms with Gasteiger partial charge in [-0.15, -0.1) is 0 Å². The Labute approximate surface area is 72.1 Å². The summed E-state index contributed by atoms with van der Waals surface area (Å²) in [6.45, 7) is 3.60. The van der Waals surface area contributed by atoms with Crippen molar-refractivity contribution in [1.82, 2.24) is 4.90 Å². The largest absolute Gasteiger partial charge is 0.373 e. The van der Waals surface area contributed by atoms with Gasteiger partial charge in [0, 0.05) is 19.4 Å². The van der Waals surface area contributed by atoms with Gasteiger partial charge in [-0.2, -0.15) is 0 Å². The van der Waals surface area contributed by atoms with Crippen LogP contribution in [-0.4, -0.2) is 35.5 Å². The van der Waals surface area contributed by atoms with Gasteiger partial charge in [0.2, 0.25) is 5.91 Å². The van der Waals surface area contributed by atoms with E-state index in [1.54, 1.807) is 6.92 Å². The summed E-state index contributed by atoms with van der Waals surface area (Å²) >= 11 is 0. The second kappa shape index (κ2) is 3.41. The van der Waals surface area contributed by atoms with Crippen molar-refractivity contribution in [2.24, 2.45) is 5.92 Å². The van der Waals surface area contributed by atoms with Crippen molar-refractivity contribution in [2.75, 3.05) is 7.11 Å². The van der Waals surface area contributed by atoms with Crippen LogP contribution in [0.5, 0.6) is 0 Å². The fraction of sp³-hybridized carbons (Fsp3) is 0.875. The maximum atomic E-state index is 11.3. The van der Waals surface area contributed by atoms with Crippen molar-refractivity contribution in [3.8, 4) is 0 Å². The van der Waals surface area contributed by atoms with E-state index >= 15 is 0 Å². The van der Waals surface area contributed by atoms with Crippen LogP contribution in [0.2, 0.25) is 0 Å². The molecule has 1 saturated heterocycles. The van der Waals surface area contributed by atoms with Gasteiger partial charge in [0.25, 0.3) is 0 Å². The molecule has 0 aliphatic carbocycles. The van der Waals surface area contributed by atoms with Gasteiger partial charge in [-0.25, -0.2) is 0 Å². The lowest BCUT2D eigenvalue weighted by Gasteiger charge is -2.27. The highest BCUT2D eigenvalue weighted by atomic mass is 16.5. The Bertz CT molecular complexity index is 183. The summed E-state index contributed by atoms with van der Waals surface area (Å²) < 4.78 is 4.97. The average Bonchev–Trinajstić information content (AvgIpc) is 2.26. The molecule has 1 heterocycles. The summed E-state index contributed by atoms with van der Waals surface area (Å²) in [4.78, 5) is 12.7. The lowest BCUT2D eigenvalue weighted by Crippen LogP contribution is -2.42. The SMILES string of the molecule is COC(C)N1C(=O)CC(C)C1O.